The molecule has 3 atom stereocenters. The summed E-state index contributed by atoms with van der Waals surface area (Å²) < 4.78 is 33.2. The van der Waals surface area contributed by atoms with Gasteiger partial charge in [-0.1, -0.05) is 132 Å². The number of phosphoric acid groups is 1. The normalized spacial score (nSPS) is 14.9. The molecule has 0 rings (SSSR count). The zero-order valence-electron chi connectivity index (χ0n) is 32.5. The molecule has 0 aliphatic rings. The van der Waals surface area contributed by atoms with Gasteiger partial charge in [-0.2, -0.15) is 0 Å². The smallest absolute Gasteiger partial charge is 0.457 e. The minimum atomic E-state index is -4.53. The summed E-state index contributed by atoms with van der Waals surface area (Å²) in [4.78, 5) is 22.5. The minimum absolute atomic E-state index is 0.0276. The van der Waals surface area contributed by atoms with Crippen LogP contribution in [0.15, 0.2) is 72.9 Å². The average molecular weight is 753 g/mol. The summed E-state index contributed by atoms with van der Waals surface area (Å²) in [6.45, 7) is 3.25. The van der Waals surface area contributed by atoms with E-state index in [0.717, 1.165) is 89.9 Å². The van der Waals surface area contributed by atoms with Crippen molar-refractivity contribution in [1.82, 2.24) is 0 Å². The van der Waals surface area contributed by atoms with Crippen molar-refractivity contribution in [1.29, 1.82) is 0 Å². The van der Waals surface area contributed by atoms with Gasteiger partial charge < -0.3 is 24.6 Å². The maximum atomic E-state index is 12.6. The molecule has 0 amide bonds. The van der Waals surface area contributed by atoms with E-state index in [2.05, 4.69) is 86.8 Å². The highest BCUT2D eigenvalue weighted by Gasteiger charge is 2.26. The summed E-state index contributed by atoms with van der Waals surface area (Å²) in [5, 5.41) is 18.3. The molecule has 0 bridgehead atoms. The van der Waals surface area contributed by atoms with Crippen molar-refractivity contribution >= 4 is 13.8 Å². The summed E-state index contributed by atoms with van der Waals surface area (Å²) in [5.41, 5.74) is 0. The van der Waals surface area contributed by atoms with Crippen LogP contribution in [0.2, 0.25) is 0 Å². The van der Waals surface area contributed by atoms with E-state index in [-0.39, 0.29) is 13.0 Å². The highest BCUT2D eigenvalue weighted by atomic mass is 31.2. The van der Waals surface area contributed by atoms with E-state index >= 15 is 0 Å². The predicted octanol–water partition coefficient (Wildman–Crippen LogP) is 10.6. The van der Waals surface area contributed by atoms with Crippen molar-refractivity contribution in [3.05, 3.63) is 72.9 Å². The van der Waals surface area contributed by atoms with Gasteiger partial charge in [-0.25, -0.2) is 4.57 Å². The summed E-state index contributed by atoms with van der Waals surface area (Å²) >= 11 is 0. The maximum absolute atomic E-state index is 12.6. The van der Waals surface area contributed by atoms with E-state index in [9.17, 15) is 19.4 Å². The highest BCUT2D eigenvalue weighted by molar-refractivity contribution is 7.47. The number of aliphatic hydroxyl groups is 2. The Morgan fingerprint density at radius 1 is 0.615 bits per heavy atom. The second-order valence-corrected chi connectivity index (χ2v) is 14.4. The fourth-order valence-electron chi connectivity index (χ4n) is 4.85. The van der Waals surface area contributed by atoms with Gasteiger partial charge in [0.15, 0.2) is 0 Å². The molecule has 52 heavy (non-hydrogen) atoms. The molecule has 0 heterocycles. The Labute approximate surface area is 316 Å². The fraction of sp³-hybridized carbons (Fsp3) is 0.690. The molecule has 0 radical (unpaired) electrons. The first-order valence-corrected chi connectivity index (χ1v) is 21.4. The predicted molar refractivity (Wildman–Crippen MR) is 214 cm³/mol. The molecule has 0 saturated heterocycles. The topological polar surface area (TPSA) is 132 Å². The number of ether oxygens (including phenoxy) is 2. The third kappa shape index (κ3) is 37.7. The lowest BCUT2D eigenvalue weighted by Crippen LogP contribution is -2.29. The molecular formula is C42H73O9P. The molecule has 0 aromatic rings. The number of allylic oxidation sites excluding steroid dienone is 12. The van der Waals surface area contributed by atoms with Crippen LogP contribution in [0.5, 0.6) is 0 Å². The van der Waals surface area contributed by atoms with Crippen LogP contribution in [0.3, 0.4) is 0 Å². The summed E-state index contributed by atoms with van der Waals surface area (Å²) in [6.07, 6.45) is 44.3. The largest absolute Gasteiger partial charge is 0.472 e. The van der Waals surface area contributed by atoms with Crippen LogP contribution < -0.4 is 0 Å². The number of carbonyl (C=O) groups is 1. The zero-order valence-corrected chi connectivity index (χ0v) is 33.4. The Morgan fingerprint density at radius 3 is 1.65 bits per heavy atom. The molecule has 300 valence electrons. The number of phosphoric ester groups is 1. The van der Waals surface area contributed by atoms with E-state index in [1.54, 1.807) is 0 Å². The molecule has 3 unspecified atom stereocenters. The molecule has 0 aliphatic carbocycles. The first-order chi connectivity index (χ1) is 25.3. The van der Waals surface area contributed by atoms with Crippen molar-refractivity contribution in [2.24, 2.45) is 0 Å². The third-order valence-corrected chi connectivity index (χ3v) is 8.81. The van der Waals surface area contributed by atoms with Crippen LogP contribution in [0, 0.1) is 0 Å². The lowest BCUT2D eigenvalue weighted by atomic mass is 10.1. The van der Waals surface area contributed by atoms with E-state index < -0.39 is 45.8 Å². The maximum Gasteiger partial charge on any atom is 0.472 e. The van der Waals surface area contributed by atoms with Crippen molar-refractivity contribution in [2.45, 2.75) is 154 Å². The van der Waals surface area contributed by atoms with Crippen LogP contribution in [0.1, 0.15) is 142 Å². The standard InChI is InChI=1S/C42H73O9P/c1-3-5-7-9-11-13-15-17-19-20-21-22-24-26-28-30-32-34-42(45)51-41(39-50-52(46,47)49-37-40(44)36-43)38-48-35-33-31-29-27-25-23-18-16-14-12-10-8-6-4-2/h5,7-8,10-11,13-14,16-17,19,21-22,40-41,43-44H,3-4,6,9,12,15,18,20,23-39H2,1-2H3,(H,46,47)/b7-5-,10-8-,13-11-,16-14-,19-17-,22-21-. The zero-order chi connectivity index (χ0) is 38.2. The lowest BCUT2D eigenvalue weighted by molar-refractivity contribution is -0.154. The van der Waals surface area contributed by atoms with Gasteiger partial charge in [0.05, 0.1) is 26.4 Å². The van der Waals surface area contributed by atoms with Crippen LogP contribution in [0.4, 0.5) is 0 Å². The number of hydrogen-bond donors (Lipinski definition) is 3. The van der Waals surface area contributed by atoms with Gasteiger partial charge in [0.25, 0.3) is 0 Å². The van der Waals surface area contributed by atoms with Gasteiger partial charge in [0.1, 0.15) is 12.2 Å². The van der Waals surface area contributed by atoms with Crippen molar-refractivity contribution < 1.29 is 43.0 Å². The summed E-state index contributed by atoms with van der Waals surface area (Å²) in [5.74, 6) is -0.414. The molecular weight excluding hydrogens is 679 g/mol. The number of unbranched alkanes of at least 4 members (excludes halogenated alkanes) is 11. The van der Waals surface area contributed by atoms with Gasteiger partial charge in [-0.15, -0.1) is 0 Å². The molecule has 0 spiro atoms. The first kappa shape index (κ1) is 49.9. The second kappa shape index (κ2) is 38.6. The molecule has 0 aromatic carbocycles. The quantitative estimate of drug-likeness (QED) is 0.0245. The average Bonchev–Trinajstić information content (AvgIpc) is 3.13. The SMILES string of the molecule is CC/C=C\C/C=C\C/C=C\C/C=C\CCCCCCC(=O)OC(COCCCCCCCC/C=C\C/C=C\CCC)COP(=O)(O)OCC(O)CO. The summed E-state index contributed by atoms with van der Waals surface area (Å²) in [7, 11) is -4.53. The van der Waals surface area contributed by atoms with E-state index in [4.69, 9.17) is 23.6 Å². The van der Waals surface area contributed by atoms with Crippen molar-refractivity contribution in [3.63, 3.8) is 0 Å². The Morgan fingerprint density at radius 2 is 1.10 bits per heavy atom. The molecule has 0 saturated carbocycles. The van der Waals surface area contributed by atoms with E-state index in [1.807, 2.05) is 0 Å². The number of carbonyl (C=O) groups excluding carboxylic acids is 1. The van der Waals surface area contributed by atoms with Gasteiger partial charge in [-0.05, 0) is 77.0 Å². The molecule has 10 heteroatoms. The number of rotatable bonds is 37. The van der Waals surface area contributed by atoms with E-state index in [0.29, 0.717) is 13.0 Å². The molecule has 0 fully saturated rings. The third-order valence-electron chi connectivity index (χ3n) is 7.86. The Bertz CT molecular complexity index is 1030. The highest BCUT2D eigenvalue weighted by Crippen LogP contribution is 2.43. The van der Waals surface area contributed by atoms with Gasteiger partial charge in [0.2, 0.25) is 0 Å². The Kier molecular flexibility index (Phi) is 37.1. The molecule has 9 nitrogen and oxygen atoms in total. The molecule has 0 aliphatic heterocycles. The van der Waals surface area contributed by atoms with Gasteiger partial charge >= 0.3 is 13.8 Å². The van der Waals surface area contributed by atoms with Gasteiger partial charge in [0, 0.05) is 13.0 Å². The van der Waals surface area contributed by atoms with E-state index in [1.165, 1.54) is 25.7 Å². The minimum Gasteiger partial charge on any atom is -0.457 e. The van der Waals surface area contributed by atoms with Crippen molar-refractivity contribution in [3.8, 4) is 0 Å². The number of esters is 1. The fourth-order valence-corrected chi connectivity index (χ4v) is 5.64. The lowest BCUT2D eigenvalue weighted by Gasteiger charge is -2.20. The van der Waals surface area contributed by atoms with Crippen LogP contribution in [-0.4, -0.2) is 66.3 Å². The first-order valence-electron chi connectivity index (χ1n) is 19.9. The number of aliphatic hydroxyl groups excluding tert-OH is 2. The summed E-state index contributed by atoms with van der Waals surface area (Å²) in [6, 6.07) is 0. The molecule has 3 N–H and O–H groups in total. The van der Waals surface area contributed by atoms with Crippen LogP contribution in [-0.2, 0) is 27.9 Å². The number of hydrogen-bond acceptors (Lipinski definition) is 8. The van der Waals surface area contributed by atoms with Gasteiger partial charge in [-0.3, -0.25) is 13.8 Å². The Balaban J connectivity index is 4.30. The second-order valence-electron chi connectivity index (χ2n) is 12.9. The van der Waals surface area contributed by atoms with Crippen LogP contribution >= 0.6 is 7.82 Å². The Hall–Kier alpha value is -2.10. The van der Waals surface area contributed by atoms with Crippen LogP contribution in [0.25, 0.3) is 0 Å². The van der Waals surface area contributed by atoms with Crippen molar-refractivity contribution in [2.75, 3.05) is 33.0 Å². The molecule has 0 aromatic heterocycles. The monoisotopic (exact) mass is 752 g/mol.